The summed E-state index contributed by atoms with van der Waals surface area (Å²) in [6, 6.07) is 10.5. The predicted octanol–water partition coefficient (Wildman–Crippen LogP) is 4.64. The average molecular weight is 404 g/mol. The number of methoxy groups -OCH3 is 1. The molecule has 1 atom stereocenters. The number of aliphatic hydroxyl groups excluding tert-OH is 1. The Kier molecular flexibility index (Phi) is 5.18. The van der Waals surface area contributed by atoms with E-state index in [-0.39, 0.29) is 0 Å². The molecule has 0 saturated heterocycles. The zero-order chi connectivity index (χ0) is 14.7. The second kappa shape index (κ2) is 6.70. The van der Waals surface area contributed by atoms with E-state index in [4.69, 9.17) is 4.74 Å². The van der Waals surface area contributed by atoms with Crippen LogP contribution in [-0.2, 0) is 6.42 Å². The molecule has 1 unspecified atom stereocenters. The lowest BCUT2D eigenvalue weighted by Gasteiger charge is -2.16. The maximum Gasteiger partial charge on any atom is 0.141 e. The monoisotopic (exact) mass is 402 g/mol. The molecule has 2 aromatic carbocycles. The SMILES string of the molecule is COc1cc(F)c(Br)cc1C(O)Cc1ccc(Br)cc1. The van der Waals surface area contributed by atoms with Crippen LogP contribution in [0.4, 0.5) is 4.39 Å². The van der Waals surface area contributed by atoms with Crippen molar-refractivity contribution < 1.29 is 14.2 Å². The van der Waals surface area contributed by atoms with Crippen molar-refractivity contribution in [3.63, 3.8) is 0 Å². The quantitative estimate of drug-likeness (QED) is 0.805. The lowest BCUT2D eigenvalue weighted by atomic mass is 10.0. The highest BCUT2D eigenvalue weighted by atomic mass is 79.9. The zero-order valence-corrected chi connectivity index (χ0v) is 13.9. The van der Waals surface area contributed by atoms with Crippen LogP contribution in [-0.4, -0.2) is 12.2 Å². The highest BCUT2D eigenvalue weighted by Crippen LogP contribution is 2.32. The Bertz CT molecular complexity index is 600. The lowest BCUT2D eigenvalue weighted by molar-refractivity contribution is 0.173. The first-order valence-electron chi connectivity index (χ1n) is 5.96. The van der Waals surface area contributed by atoms with Gasteiger partial charge in [-0.25, -0.2) is 4.39 Å². The molecule has 1 N–H and O–H groups in total. The van der Waals surface area contributed by atoms with Crippen LogP contribution in [0.3, 0.4) is 0 Å². The van der Waals surface area contributed by atoms with Crippen LogP contribution in [0, 0.1) is 5.82 Å². The van der Waals surface area contributed by atoms with E-state index in [1.54, 1.807) is 6.07 Å². The molecule has 0 heterocycles. The van der Waals surface area contributed by atoms with Gasteiger partial charge in [0.1, 0.15) is 11.6 Å². The molecule has 0 aliphatic carbocycles. The van der Waals surface area contributed by atoms with Crippen molar-refractivity contribution in [1.82, 2.24) is 0 Å². The Hall–Kier alpha value is -0.910. The van der Waals surface area contributed by atoms with Gasteiger partial charge in [-0.2, -0.15) is 0 Å². The van der Waals surface area contributed by atoms with Gasteiger partial charge in [0, 0.05) is 22.5 Å². The van der Waals surface area contributed by atoms with Crippen molar-refractivity contribution in [2.24, 2.45) is 0 Å². The largest absolute Gasteiger partial charge is 0.496 e. The van der Waals surface area contributed by atoms with Gasteiger partial charge in [-0.1, -0.05) is 28.1 Å². The molecule has 0 amide bonds. The fourth-order valence-corrected chi connectivity index (χ4v) is 2.56. The number of halogens is 3. The summed E-state index contributed by atoms with van der Waals surface area (Å²) in [6.07, 6.45) is -0.329. The van der Waals surface area contributed by atoms with Crippen LogP contribution in [0.2, 0.25) is 0 Å². The first-order valence-corrected chi connectivity index (χ1v) is 7.55. The summed E-state index contributed by atoms with van der Waals surface area (Å²) in [5, 5.41) is 10.3. The second-order valence-corrected chi connectivity index (χ2v) is 6.12. The van der Waals surface area contributed by atoms with Crippen LogP contribution in [0.15, 0.2) is 45.3 Å². The minimum absolute atomic E-state index is 0.308. The van der Waals surface area contributed by atoms with Gasteiger partial charge in [0.15, 0.2) is 0 Å². The van der Waals surface area contributed by atoms with Crippen LogP contribution in [0.5, 0.6) is 5.75 Å². The summed E-state index contributed by atoms with van der Waals surface area (Å²) < 4.78 is 19.9. The number of hydrogen-bond acceptors (Lipinski definition) is 2. The predicted molar refractivity (Wildman–Crippen MR) is 83.5 cm³/mol. The normalized spacial score (nSPS) is 12.2. The molecule has 20 heavy (non-hydrogen) atoms. The van der Waals surface area contributed by atoms with E-state index in [2.05, 4.69) is 31.9 Å². The van der Waals surface area contributed by atoms with E-state index in [0.717, 1.165) is 10.0 Å². The van der Waals surface area contributed by atoms with Gasteiger partial charge < -0.3 is 9.84 Å². The maximum absolute atomic E-state index is 13.5. The van der Waals surface area contributed by atoms with E-state index in [9.17, 15) is 9.50 Å². The third kappa shape index (κ3) is 3.59. The summed E-state index contributed by atoms with van der Waals surface area (Å²) in [5.41, 5.74) is 1.55. The molecule has 5 heteroatoms. The van der Waals surface area contributed by atoms with E-state index in [1.807, 2.05) is 24.3 Å². The fourth-order valence-electron chi connectivity index (χ4n) is 1.93. The summed E-state index contributed by atoms with van der Waals surface area (Å²) >= 11 is 6.49. The number of benzene rings is 2. The third-order valence-electron chi connectivity index (χ3n) is 2.97. The van der Waals surface area contributed by atoms with Crippen molar-refractivity contribution in [2.75, 3.05) is 7.11 Å². The minimum Gasteiger partial charge on any atom is -0.496 e. The summed E-state index contributed by atoms with van der Waals surface area (Å²) in [4.78, 5) is 0. The van der Waals surface area contributed by atoms with Gasteiger partial charge >= 0.3 is 0 Å². The Labute approximate surface area is 133 Å². The van der Waals surface area contributed by atoms with Gasteiger partial charge in [0.05, 0.1) is 17.7 Å². The van der Waals surface area contributed by atoms with E-state index < -0.39 is 11.9 Å². The Morgan fingerprint density at radius 2 is 1.85 bits per heavy atom. The molecule has 106 valence electrons. The molecule has 0 saturated carbocycles. The van der Waals surface area contributed by atoms with Crippen LogP contribution in [0.1, 0.15) is 17.2 Å². The second-order valence-electron chi connectivity index (χ2n) is 4.35. The van der Waals surface area contributed by atoms with Gasteiger partial charge in [-0.15, -0.1) is 0 Å². The van der Waals surface area contributed by atoms with Gasteiger partial charge in [0.25, 0.3) is 0 Å². The van der Waals surface area contributed by atoms with E-state index >= 15 is 0 Å². The van der Waals surface area contributed by atoms with Crippen LogP contribution in [0.25, 0.3) is 0 Å². The molecule has 2 nitrogen and oxygen atoms in total. The Balaban J connectivity index is 2.26. The van der Waals surface area contributed by atoms with E-state index in [0.29, 0.717) is 22.2 Å². The molecule has 0 bridgehead atoms. The van der Waals surface area contributed by atoms with Crippen molar-refractivity contribution in [3.05, 3.63) is 62.3 Å². The highest BCUT2D eigenvalue weighted by Gasteiger charge is 2.17. The molecule has 0 aliphatic rings. The van der Waals surface area contributed by atoms with E-state index in [1.165, 1.54) is 13.2 Å². The van der Waals surface area contributed by atoms with Gasteiger partial charge in [-0.3, -0.25) is 0 Å². The van der Waals surface area contributed by atoms with Crippen molar-refractivity contribution in [3.8, 4) is 5.75 Å². The molecule has 0 aliphatic heterocycles. The van der Waals surface area contributed by atoms with Crippen molar-refractivity contribution in [1.29, 1.82) is 0 Å². The number of rotatable bonds is 4. The Morgan fingerprint density at radius 3 is 2.45 bits per heavy atom. The first-order chi connectivity index (χ1) is 9.51. The number of aliphatic hydroxyl groups is 1. The topological polar surface area (TPSA) is 29.5 Å². The van der Waals surface area contributed by atoms with Gasteiger partial charge in [-0.05, 0) is 39.7 Å². The van der Waals surface area contributed by atoms with Crippen molar-refractivity contribution >= 4 is 31.9 Å². The molecule has 0 spiro atoms. The maximum atomic E-state index is 13.5. The molecule has 2 aromatic rings. The lowest BCUT2D eigenvalue weighted by Crippen LogP contribution is -2.05. The molecular formula is C15H13Br2FO2. The minimum atomic E-state index is -0.761. The molecular weight excluding hydrogens is 391 g/mol. The summed E-state index contributed by atoms with van der Waals surface area (Å²) in [5.74, 6) is -0.0725. The molecule has 0 radical (unpaired) electrons. The summed E-state index contributed by atoms with van der Waals surface area (Å²) in [6.45, 7) is 0. The van der Waals surface area contributed by atoms with Crippen LogP contribution < -0.4 is 4.74 Å². The highest BCUT2D eigenvalue weighted by molar-refractivity contribution is 9.10. The average Bonchev–Trinajstić information content (AvgIpc) is 2.43. The number of ether oxygens (including phenoxy) is 1. The summed E-state index contributed by atoms with van der Waals surface area (Å²) in [7, 11) is 1.46. The van der Waals surface area contributed by atoms with Crippen molar-refractivity contribution in [2.45, 2.75) is 12.5 Å². The fraction of sp³-hybridized carbons (Fsp3) is 0.200. The molecule has 2 rings (SSSR count). The molecule has 0 aromatic heterocycles. The first kappa shape index (κ1) is 15.5. The third-order valence-corrected chi connectivity index (χ3v) is 4.11. The number of hydrogen-bond donors (Lipinski definition) is 1. The smallest absolute Gasteiger partial charge is 0.141 e. The molecule has 0 fully saturated rings. The van der Waals surface area contributed by atoms with Crippen LogP contribution >= 0.6 is 31.9 Å². The van der Waals surface area contributed by atoms with Gasteiger partial charge in [0.2, 0.25) is 0 Å². The Morgan fingerprint density at radius 1 is 1.20 bits per heavy atom. The zero-order valence-electron chi connectivity index (χ0n) is 10.7. The standard InChI is InChI=1S/C15H13Br2FO2/c1-20-15-8-13(18)12(17)7-11(15)14(19)6-9-2-4-10(16)5-3-9/h2-5,7-8,14,19H,6H2,1H3.